The monoisotopic (exact) mass is 278 g/mol. The predicted molar refractivity (Wildman–Crippen MR) is 80.4 cm³/mol. The first kappa shape index (κ1) is 15.8. The van der Waals surface area contributed by atoms with Gasteiger partial charge in [0.1, 0.15) is 6.54 Å². The lowest BCUT2D eigenvalue weighted by Crippen LogP contribution is -2.42. The van der Waals surface area contributed by atoms with Gasteiger partial charge in [0.05, 0.1) is 0 Å². The fraction of sp³-hybridized carbons (Fsp3) is 0.429. The van der Waals surface area contributed by atoms with E-state index in [1.54, 1.807) is 38.4 Å². The number of hydrogen-bond acceptors (Lipinski definition) is 3. The fourth-order valence-electron chi connectivity index (χ4n) is 1.65. The Hall–Kier alpha value is -2.24. The van der Waals surface area contributed by atoms with Crippen molar-refractivity contribution in [2.45, 2.75) is 13.3 Å². The number of benzene rings is 1. The van der Waals surface area contributed by atoms with Gasteiger partial charge in [-0.1, -0.05) is 13.0 Å². The molecule has 3 amide bonds. The van der Waals surface area contributed by atoms with Crippen LogP contribution < -0.4 is 11.1 Å². The van der Waals surface area contributed by atoms with E-state index >= 15 is 0 Å². The number of nitrogen functional groups attached to an aromatic ring is 1. The molecule has 0 aliphatic heterocycles. The van der Waals surface area contributed by atoms with Gasteiger partial charge in [-0.2, -0.15) is 0 Å². The van der Waals surface area contributed by atoms with Crippen molar-refractivity contribution in [3.05, 3.63) is 24.3 Å². The Morgan fingerprint density at radius 2 is 2.00 bits per heavy atom. The van der Waals surface area contributed by atoms with Gasteiger partial charge in [0, 0.05) is 32.0 Å². The van der Waals surface area contributed by atoms with Gasteiger partial charge in [0.15, 0.2) is 0 Å². The Bertz CT molecular complexity index is 474. The number of amides is 3. The van der Waals surface area contributed by atoms with Crippen LogP contribution >= 0.6 is 0 Å². The molecule has 0 radical (unpaired) electrons. The molecule has 0 aromatic heterocycles. The summed E-state index contributed by atoms with van der Waals surface area (Å²) in [6.45, 7) is 2.55. The first-order chi connectivity index (χ1) is 9.43. The van der Waals surface area contributed by atoms with E-state index < -0.39 is 0 Å². The summed E-state index contributed by atoms with van der Waals surface area (Å²) in [6.07, 6.45) is 0.783. The van der Waals surface area contributed by atoms with Gasteiger partial charge in [0.25, 0.3) is 0 Å². The normalized spacial score (nSPS) is 9.95. The minimum Gasteiger partial charge on any atom is -0.399 e. The van der Waals surface area contributed by atoms with E-state index in [0.29, 0.717) is 17.9 Å². The molecule has 0 aliphatic rings. The summed E-state index contributed by atoms with van der Waals surface area (Å²) in [6, 6.07) is 6.64. The fourth-order valence-corrected chi connectivity index (χ4v) is 1.65. The molecule has 3 N–H and O–H groups in total. The summed E-state index contributed by atoms with van der Waals surface area (Å²) in [5.74, 6) is -0.110. The summed E-state index contributed by atoms with van der Waals surface area (Å²) in [5, 5.41) is 2.75. The van der Waals surface area contributed by atoms with Gasteiger partial charge in [0.2, 0.25) is 5.91 Å². The lowest BCUT2D eigenvalue weighted by atomic mass is 10.3. The summed E-state index contributed by atoms with van der Waals surface area (Å²) in [4.78, 5) is 26.9. The van der Waals surface area contributed by atoms with Gasteiger partial charge in [-0.15, -0.1) is 0 Å². The van der Waals surface area contributed by atoms with E-state index in [1.165, 1.54) is 9.80 Å². The zero-order chi connectivity index (χ0) is 15.1. The Labute approximate surface area is 119 Å². The number of urea groups is 1. The summed E-state index contributed by atoms with van der Waals surface area (Å²) in [7, 11) is 3.34. The molecule has 0 fully saturated rings. The molecule has 0 bridgehead atoms. The molecule has 0 unspecified atom stereocenters. The van der Waals surface area contributed by atoms with Crippen molar-refractivity contribution in [2.75, 3.05) is 38.2 Å². The Morgan fingerprint density at radius 3 is 2.55 bits per heavy atom. The molecule has 0 saturated carbocycles. The summed E-state index contributed by atoms with van der Waals surface area (Å²) < 4.78 is 0. The zero-order valence-corrected chi connectivity index (χ0v) is 12.2. The van der Waals surface area contributed by atoms with Crippen molar-refractivity contribution in [1.82, 2.24) is 9.80 Å². The van der Waals surface area contributed by atoms with Gasteiger partial charge in [-0.05, 0) is 24.6 Å². The summed E-state index contributed by atoms with van der Waals surface area (Å²) in [5.41, 5.74) is 6.86. The lowest BCUT2D eigenvalue weighted by Gasteiger charge is -2.23. The molecule has 6 nitrogen and oxygen atoms in total. The minimum atomic E-state index is -0.298. The van der Waals surface area contributed by atoms with Crippen molar-refractivity contribution in [3.63, 3.8) is 0 Å². The molecule has 1 aromatic rings. The van der Waals surface area contributed by atoms with Crippen LogP contribution in [0.15, 0.2) is 24.3 Å². The highest BCUT2D eigenvalue weighted by atomic mass is 16.2. The smallest absolute Gasteiger partial charge is 0.322 e. The van der Waals surface area contributed by atoms with E-state index in [-0.39, 0.29) is 18.5 Å². The van der Waals surface area contributed by atoms with Crippen molar-refractivity contribution in [1.29, 1.82) is 0 Å². The van der Waals surface area contributed by atoms with Crippen LogP contribution in [-0.4, -0.2) is 48.9 Å². The molecular weight excluding hydrogens is 256 g/mol. The number of carbonyl (C=O) groups excluding carboxylic acids is 2. The quantitative estimate of drug-likeness (QED) is 0.803. The Kier molecular flexibility index (Phi) is 5.83. The van der Waals surface area contributed by atoms with Crippen LogP contribution in [-0.2, 0) is 4.79 Å². The van der Waals surface area contributed by atoms with Crippen LogP contribution in [0.2, 0.25) is 0 Å². The molecule has 1 rings (SSSR count). The van der Waals surface area contributed by atoms with Crippen molar-refractivity contribution >= 4 is 23.3 Å². The van der Waals surface area contributed by atoms with E-state index in [1.807, 2.05) is 6.92 Å². The van der Waals surface area contributed by atoms with Crippen molar-refractivity contribution in [3.8, 4) is 0 Å². The van der Waals surface area contributed by atoms with Crippen LogP contribution in [0.5, 0.6) is 0 Å². The number of carbonyl (C=O) groups is 2. The highest BCUT2D eigenvalue weighted by Gasteiger charge is 2.17. The number of nitrogens with zero attached hydrogens (tertiary/aromatic N) is 2. The minimum absolute atomic E-state index is 0.0645. The highest BCUT2D eigenvalue weighted by molar-refractivity contribution is 5.92. The standard InChI is InChI=1S/C14H22N4O2/c1-4-8-18(10-13(19)17(2)3)14(20)16-12-7-5-6-11(15)9-12/h5-7,9H,4,8,10,15H2,1-3H3,(H,16,20). The van der Waals surface area contributed by atoms with Crippen LogP contribution in [0.4, 0.5) is 16.2 Å². The third-order valence-corrected chi connectivity index (χ3v) is 2.74. The van der Waals surface area contributed by atoms with Crippen LogP contribution in [0.1, 0.15) is 13.3 Å². The van der Waals surface area contributed by atoms with E-state index in [2.05, 4.69) is 5.32 Å². The molecule has 0 heterocycles. The number of nitrogens with two attached hydrogens (primary N) is 1. The predicted octanol–water partition coefficient (Wildman–Crippen LogP) is 1.60. The second-order valence-corrected chi connectivity index (χ2v) is 4.77. The molecule has 6 heteroatoms. The maximum Gasteiger partial charge on any atom is 0.322 e. The number of likely N-dealkylation sites (N-methyl/N-ethyl adjacent to an activating group) is 1. The molecule has 0 saturated heterocycles. The van der Waals surface area contributed by atoms with Gasteiger partial charge in [-0.3, -0.25) is 4.79 Å². The Morgan fingerprint density at radius 1 is 1.30 bits per heavy atom. The second-order valence-electron chi connectivity index (χ2n) is 4.77. The summed E-state index contributed by atoms with van der Waals surface area (Å²) >= 11 is 0. The van der Waals surface area contributed by atoms with Crippen LogP contribution in [0, 0.1) is 0 Å². The first-order valence-electron chi connectivity index (χ1n) is 6.55. The second kappa shape index (κ2) is 7.37. The third-order valence-electron chi connectivity index (χ3n) is 2.74. The maximum absolute atomic E-state index is 12.2. The largest absolute Gasteiger partial charge is 0.399 e. The number of hydrogen-bond donors (Lipinski definition) is 2. The SMILES string of the molecule is CCCN(CC(=O)N(C)C)C(=O)Nc1cccc(N)c1. The van der Waals surface area contributed by atoms with Gasteiger partial charge >= 0.3 is 6.03 Å². The molecular formula is C14H22N4O2. The van der Waals surface area contributed by atoms with E-state index in [4.69, 9.17) is 5.73 Å². The molecule has 0 spiro atoms. The molecule has 0 atom stereocenters. The zero-order valence-electron chi connectivity index (χ0n) is 12.2. The molecule has 0 aliphatic carbocycles. The highest BCUT2D eigenvalue weighted by Crippen LogP contribution is 2.12. The van der Waals surface area contributed by atoms with Crippen LogP contribution in [0.25, 0.3) is 0 Å². The topological polar surface area (TPSA) is 78.7 Å². The molecule has 20 heavy (non-hydrogen) atoms. The van der Waals surface area contributed by atoms with Crippen LogP contribution in [0.3, 0.4) is 0 Å². The average Bonchev–Trinajstić information content (AvgIpc) is 2.37. The van der Waals surface area contributed by atoms with E-state index in [0.717, 1.165) is 6.42 Å². The van der Waals surface area contributed by atoms with E-state index in [9.17, 15) is 9.59 Å². The lowest BCUT2D eigenvalue weighted by molar-refractivity contribution is -0.129. The van der Waals surface area contributed by atoms with Gasteiger partial charge < -0.3 is 20.9 Å². The average molecular weight is 278 g/mol. The molecule has 1 aromatic carbocycles. The third kappa shape index (κ3) is 4.79. The van der Waals surface area contributed by atoms with Gasteiger partial charge in [-0.25, -0.2) is 4.79 Å². The Balaban J connectivity index is 2.71. The van der Waals surface area contributed by atoms with Crippen molar-refractivity contribution < 1.29 is 9.59 Å². The number of rotatable bonds is 5. The first-order valence-corrected chi connectivity index (χ1v) is 6.55. The van der Waals surface area contributed by atoms with Crippen molar-refractivity contribution in [2.24, 2.45) is 0 Å². The maximum atomic E-state index is 12.2. The molecule has 110 valence electrons. The number of nitrogens with one attached hydrogen (secondary N) is 1. The number of anilines is 2.